The fraction of sp³-hybridized carbons (Fsp3) is 0.231. The highest BCUT2D eigenvalue weighted by Gasteiger charge is 2.35. The van der Waals surface area contributed by atoms with Gasteiger partial charge in [-0.1, -0.05) is 66.7 Å². The molecule has 5 nitrogen and oxygen atoms in total. The maximum atomic E-state index is 14.0. The molecule has 3 aromatic rings. The largest absolute Gasteiger partial charge is 0.372 e. The van der Waals surface area contributed by atoms with Gasteiger partial charge in [-0.3, -0.25) is 9.59 Å². The molecule has 0 aliphatic carbocycles. The number of benzene rings is 3. The van der Waals surface area contributed by atoms with Crippen molar-refractivity contribution < 1.29 is 18.7 Å². The van der Waals surface area contributed by atoms with Crippen molar-refractivity contribution >= 4 is 17.5 Å². The van der Waals surface area contributed by atoms with Gasteiger partial charge in [0.25, 0.3) is 0 Å². The van der Waals surface area contributed by atoms with Crippen LogP contribution in [0.3, 0.4) is 0 Å². The number of hydrogen-bond donors (Lipinski definition) is 1. The Bertz CT molecular complexity index is 1090. The summed E-state index contributed by atoms with van der Waals surface area (Å²) < 4.78 is 19.8. The monoisotopic (exact) mass is 432 g/mol. The highest BCUT2D eigenvalue weighted by molar-refractivity contribution is 6.00. The van der Waals surface area contributed by atoms with Crippen LogP contribution >= 0.6 is 0 Å². The lowest BCUT2D eigenvalue weighted by atomic mass is 10.1. The first-order valence-corrected chi connectivity index (χ1v) is 10.6. The van der Waals surface area contributed by atoms with Gasteiger partial charge in [-0.15, -0.1) is 0 Å². The molecule has 1 heterocycles. The number of para-hydroxylation sites is 1. The average Bonchev–Trinajstić information content (AvgIpc) is 3.20. The van der Waals surface area contributed by atoms with Crippen LogP contribution in [0.4, 0.5) is 10.1 Å². The van der Waals surface area contributed by atoms with E-state index in [1.807, 2.05) is 54.6 Å². The Hall–Kier alpha value is -3.51. The van der Waals surface area contributed by atoms with Crippen molar-refractivity contribution in [2.75, 3.05) is 11.4 Å². The summed E-state index contributed by atoms with van der Waals surface area (Å²) in [7, 11) is 0. The van der Waals surface area contributed by atoms with Gasteiger partial charge >= 0.3 is 0 Å². The molecule has 4 rings (SSSR count). The first kappa shape index (κ1) is 21.7. The van der Waals surface area contributed by atoms with Crippen LogP contribution in [0.5, 0.6) is 0 Å². The van der Waals surface area contributed by atoms with Crippen LogP contribution < -0.4 is 10.2 Å². The lowest BCUT2D eigenvalue weighted by Crippen LogP contribution is -2.32. The zero-order valence-corrected chi connectivity index (χ0v) is 17.7. The fourth-order valence-corrected chi connectivity index (χ4v) is 3.81. The molecule has 164 valence electrons. The summed E-state index contributed by atoms with van der Waals surface area (Å²) in [6, 6.07) is 23.9. The molecule has 2 amide bonds. The molecule has 0 radical (unpaired) electrons. The van der Waals surface area contributed by atoms with Crippen molar-refractivity contribution in [1.29, 1.82) is 0 Å². The molecule has 1 unspecified atom stereocenters. The number of nitrogens with zero attached hydrogens (tertiary/aromatic N) is 1. The summed E-state index contributed by atoms with van der Waals surface area (Å²) in [5.41, 5.74) is 3.31. The molecule has 1 atom stereocenters. The second-order valence-electron chi connectivity index (χ2n) is 7.87. The second-order valence-corrected chi connectivity index (χ2v) is 7.87. The summed E-state index contributed by atoms with van der Waals surface area (Å²) in [5.74, 6) is -1.41. The summed E-state index contributed by atoms with van der Waals surface area (Å²) in [6.45, 7) is 1.55. The van der Waals surface area contributed by atoms with Crippen LogP contribution in [-0.4, -0.2) is 18.4 Å². The van der Waals surface area contributed by atoms with E-state index in [1.165, 1.54) is 11.0 Å². The van der Waals surface area contributed by atoms with Crippen LogP contribution in [0.25, 0.3) is 0 Å². The lowest BCUT2D eigenvalue weighted by molar-refractivity contribution is -0.126. The Morgan fingerprint density at radius 2 is 1.62 bits per heavy atom. The van der Waals surface area contributed by atoms with Crippen LogP contribution in [-0.2, 0) is 34.1 Å². The third-order valence-corrected chi connectivity index (χ3v) is 5.48. The van der Waals surface area contributed by atoms with E-state index in [0.717, 1.165) is 16.7 Å². The van der Waals surface area contributed by atoms with Gasteiger partial charge in [-0.25, -0.2) is 4.39 Å². The van der Waals surface area contributed by atoms with Gasteiger partial charge in [0, 0.05) is 19.5 Å². The van der Waals surface area contributed by atoms with Crippen LogP contribution in [0.15, 0.2) is 78.9 Å². The van der Waals surface area contributed by atoms with Gasteiger partial charge in [-0.05, 0) is 28.8 Å². The predicted octanol–water partition coefficient (Wildman–Crippen LogP) is 4.21. The molecule has 3 aromatic carbocycles. The first-order valence-electron chi connectivity index (χ1n) is 10.6. The SMILES string of the molecule is O=C(NCc1cccc(COCc2ccccc2)c1)C1CC(=O)N(c2ccccc2F)C1. The number of nitrogens with one attached hydrogen (secondary N) is 1. The summed E-state index contributed by atoms with van der Waals surface area (Å²) in [4.78, 5) is 26.3. The smallest absolute Gasteiger partial charge is 0.227 e. The predicted molar refractivity (Wildman–Crippen MR) is 120 cm³/mol. The van der Waals surface area contributed by atoms with Crippen molar-refractivity contribution in [1.82, 2.24) is 5.32 Å². The molecule has 0 bridgehead atoms. The Balaban J connectivity index is 1.28. The quantitative estimate of drug-likeness (QED) is 0.580. The average molecular weight is 432 g/mol. The molecular formula is C26H25FN2O3. The van der Waals surface area contributed by atoms with Crippen LogP contribution in [0.2, 0.25) is 0 Å². The molecule has 0 saturated carbocycles. The highest BCUT2D eigenvalue weighted by atomic mass is 19.1. The van der Waals surface area contributed by atoms with E-state index in [0.29, 0.717) is 19.8 Å². The summed E-state index contributed by atoms with van der Waals surface area (Å²) in [6.07, 6.45) is 0.0769. The number of hydrogen-bond acceptors (Lipinski definition) is 3. The summed E-state index contributed by atoms with van der Waals surface area (Å²) >= 11 is 0. The Kier molecular flexibility index (Phi) is 6.92. The lowest BCUT2D eigenvalue weighted by Gasteiger charge is -2.17. The number of anilines is 1. The minimum atomic E-state index is -0.500. The van der Waals surface area contributed by atoms with Gasteiger partial charge in [0.05, 0.1) is 24.8 Å². The normalized spacial score (nSPS) is 15.7. The van der Waals surface area contributed by atoms with E-state index in [9.17, 15) is 14.0 Å². The zero-order valence-electron chi connectivity index (χ0n) is 17.7. The first-order chi connectivity index (χ1) is 15.6. The van der Waals surface area contributed by atoms with Gasteiger partial charge in [0.15, 0.2) is 0 Å². The van der Waals surface area contributed by atoms with Crippen molar-refractivity contribution in [2.45, 2.75) is 26.2 Å². The molecule has 6 heteroatoms. The Labute approximate surface area is 186 Å². The van der Waals surface area contributed by atoms with Crippen molar-refractivity contribution in [3.8, 4) is 0 Å². The highest BCUT2D eigenvalue weighted by Crippen LogP contribution is 2.27. The second kappa shape index (κ2) is 10.2. The number of ether oxygens (including phenoxy) is 1. The molecule has 1 N–H and O–H groups in total. The van der Waals surface area contributed by atoms with E-state index in [4.69, 9.17) is 4.74 Å². The molecular weight excluding hydrogens is 407 g/mol. The zero-order chi connectivity index (χ0) is 22.3. The van der Waals surface area contributed by atoms with Crippen molar-refractivity contribution in [2.24, 2.45) is 5.92 Å². The number of carbonyl (C=O) groups excluding carboxylic acids is 2. The van der Waals surface area contributed by atoms with E-state index in [2.05, 4.69) is 5.32 Å². The molecule has 1 fully saturated rings. The number of carbonyl (C=O) groups is 2. The molecule has 0 aromatic heterocycles. The van der Waals surface area contributed by atoms with E-state index < -0.39 is 11.7 Å². The van der Waals surface area contributed by atoms with Gasteiger partial charge in [0.1, 0.15) is 5.82 Å². The van der Waals surface area contributed by atoms with E-state index in [-0.39, 0.29) is 30.5 Å². The molecule has 1 aliphatic rings. The minimum absolute atomic E-state index is 0.0769. The minimum Gasteiger partial charge on any atom is -0.372 e. The molecule has 1 saturated heterocycles. The van der Waals surface area contributed by atoms with Crippen LogP contribution in [0, 0.1) is 11.7 Å². The van der Waals surface area contributed by atoms with E-state index >= 15 is 0 Å². The van der Waals surface area contributed by atoms with Gasteiger partial charge in [-0.2, -0.15) is 0 Å². The fourth-order valence-electron chi connectivity index (χ4n) is 3.81. The van der Waals surface area contributed by atoms with Crippen molar-refractivity contribution in [3.63, 3.8) is 0 Å². The van der Waals surface area contributed by atoms with Gasteiger partial charge in [0.2, 0.25) is 11.8 Å². The topological polar surface area (TPSA) is 58.6 Å². The number of halogens is 1. The maximum absolute atomic E-state index is 14.0. The third-order valence-electron chi connectivity index (χ3n) is 5.48. The Morgan fingerprint density at radius 3 is 2.44 bits per heavy atom. The number of amides is 2. The maximum Gasteiger partial charge on any atom is 0.227 e. The van der Waals surface area contributed by atoms with E-state index in [1.54, 1.807) is 18.2 Å². The van der Waals surface area contributed by atoms with Crippen molar-refractivity contribution in [3.05, 3.63) is 101 Å². The molecule has 0 spiro atoms. The summed E-state index contributed by atoms with van der Waals surface area (Å²) in [5, 5.41) is 2.90. The number of rotatable bonds is 8. The van der Waals surface area contributed by atoms with Gasteiger partial charge < -0.3 is 15.0 Å². The Morgan fingerprint density at radius 1 is 0.938 bits per heavy atom. The third kappa shape index (κ3) is 5.39. The standard InChI is InChI=1S/C26H25FN2O3/c27-23-11-4-5-12-24(23)29-16-22(14-25(29)30)26(31)28-15-20-9-6-10-21(13-20)18-32-17-19-7-2-1-3-8-19/h1-13,22H,14-18H2,(H,28,31). The molecule has 1 aliphatic heterocycles. The molecule has 32 heavy (non-hydrogen) atoms. The van der Waals surface area contributed by atoms with Crippen LogP contribution in [0.1, 0.15) is 23.1 Å².